The Labute approximate surface area is 94.3 Å². The molecule has 4 heteroatoms. The van der Waals surface area contributed by atoms with Crippen molar-refractivity contribution >= 4 is 5.65 Å². The van der Waals surface area contributed by atoms with E-state index in [1.54, 1.807) is 0 Å². The van der Waals surface area contributed by atoms with Gasteiger partial charge in [-0.2, -0.15) is 5.10 Å². The lowest BCUT2D eigenvalue weighted by molar-refractivity contribution is 0.110. The maximum atomic E-state index is 5.59. The van der Waals surface area contributed by atoms with Crippen molar-refractivity contribution < 1.29 is 4.74 Å². The summed E-state index contributed by atoms with van der Waals surface area (Å²) in [5.41, 5.74) is 2.04. The average molecular weight is 217 g/mol. The number of pyridine rings is 1. The van der Waals surface area contributed by atoms with Crippen molar-refractivity contribution in [3.8, 4) is 0 Å². The minimum Gasteiger partial charge on any atom is -0.378 e. The first-order chi connectivity index (χ1) is 7.83. The molecule has 0 bridgehead atoms. The molecule has 0 N–H and O–H groups in total. The van der Waals surface area contributed by atoms with Crippen LogP contribution in [-0.4, -0.2) is 27.3 Å². The highest BCUT2D eigenvalue weighted by Gasteiger charge is 2.18. The summed E-state index contributed by atoms with van der Waals surface area (Å²) in [4.78, 5) is 4.51. The van der Waals surface area contributed by atoms with Gasteiger partial charge in [-0.15, -0.1) is 0 Å². The molecule has 2 aromatic rings. The Kier molecular flexibility index (Phi) is 2.36. The van der Waals surface area contributed by atoms with E-state index in [-0.39, 0.29) is 0 Å². The second-order valence-electron chi connectivity index (χ2n) is 4.30. The van der Waals surface area contributed by atoms with Crippen molar-refractivity contribution in [3.63, 3.8) is 0 Å². The number of aromatic nitrogens is 3. The highest BCUT2D eigenvalue weighted by atomic mass is 16.5. The lowest BCUT2D eigenvalue weighted by Crippen LogP contribution is -2.10. The summed E-state index contributed by atoms with van der Waals surface area (Å²) in [6, 6.07) is 6.03. The summed E-state index contributed by atoms with van der Waals surface area (Å²) >= 11 is 0. The summed E-state index contributed by atoms with van der Waals surface area (Å²) < 4.78 is 7.49. The van der Waals surface area contributed by atoms with Crippen LogP contribution < -0.4 is 0 Å². The molecule has 1 aliphatic heterocycles. The van der Waals surface area contributed by atoms with Crippen molar-refractivity contribution in [2.24, 2.45) is 0 Å². The van der Waals surface area contributed by atoms with Crippen LogP contribution in [-0.2, 0) is 11.2 Å². The van der Waals surface area contributed by atoms with Gasteiger partial charge in [-0.05, 0) is 31.9 Å². The van der Waals surface area contributed by atoms with Crippen molar-refractivity contribution in [3.05, 3.63) is 29.7 Å². The van der Waals surface area contributed by atoms with E-state index < -0.39 is 0 Å². The van der Waals surface area contributed by atoms with E-state index in [1.807, 2.05) is 29.6 Å². The Morgan fingerprint density at radius 2 is 2.44 bits per heavy atom. The molecule has 3 rings (SSSR count). The van der Waals surface area contributed by atoms with Gasteiger partial charge in [0.05, 0.1) is 6.10 Å². The molecule has 1 fully saturated rings. The SMILES string of the molecule is Cc1cccc2nc(CC3CCCO3)nn12. The van der Waals surface area contributed by atoms with Gasteiger partial charge in [-0.1, -0.05) is 6.07 Å². The van der Waals surface area contributed by atoms with Crippen LogP contribution in [0, 0.1) is 6.92 Å². The predicted molar refractivity (Wildman–Crippen MR) is 60.4 cm³/mol. The van der Waals surface area contributed by atoms with E-state index in [9.17, 15) is 0 Å². The largest absolute Gasteiger partial charge is 0.378 e. The monoisotopic (exact) mass is 217 g/mol. The molecule has 0 aliphatic carbocycles. The zero-order valence-corrected chi connectivity index (χ0v) is 9.39. The third-order valence-electron chi connectivity index (χ3n) is 3.03. The Morgan fingerprint density at radius 3 is 3.19 bits per heavy atom. The van der Waals surface area contributed by atoms with E-state index in [2.05, 4.69) is 10.1 Å². The topological polar surface area (TPSA) is 39.4 Å². The molecule has 1 unspecified atom stereocenters. The van der Waals surface area contributed by atoms with Crippen LogP contribution in [0.2, 0.25) is 0 Å². The smallest absolute Gasteiger partial charge is 0.155 e. The number of ether oxygens (including phenoxy) is 1. The first-order valence-electron chi connectivity index (χ1n) is 5.76. The summed E-state index contributed by atoms with van der Waals surface area (Å²) in [6.07, 6.45) is 3.45. The van der Waals surface area contributed by atoms with E-state index in [0.29, 0.717) is 6.10 Å². The molecule has 0 aromatic carbocycles. The minimum atomic E-state index is 0.317. The first kappa shape index (κ1) is 9.78. The van der Waals surface area contributed by atoms with Gasteiger partial charge < -0.3 is 4.74 Å². The Morgan fingerprint density at radius 1 is 1.50 bits per heavy atom. The number of hydrogen-bond donors (Lipinski definition) is 0. The van der Waals surface area contributed by atoms with E-state index in [4.69, 9.17) is 4.74 Å². The summed E-state index contributed by atoms with van der Waals surface area (Å²) in [6.45, 7) is 2.93. The third-order valence-corrected chi connectivity index (χ3v) is 3.03. The fraction of sp³-hybridized carbons (Fsp3) is 0.500. The molecule has 0 spiro atoms. The molecule has 0 radical (unpaired) electrons. The van der Waals surface area contributed by atoms with Crippen LogP contribution in [0.4, 0.5) is 0 Å². The molecule has 1 saturated heterocycles. The van der Waals surface area contributed by atoms with Gasteiger partial charge in [-0.3, -0.25) is 0 Å². The first-order valence-corrected chi connectivity index (χ1v) is 5.76. The maximum Gasteiger partial charge on any atom is 0.155 e. The van der Waals surface area contributed by atoms with E-state index in [0.717, 1.165) is 43.0 Å². The fourth-order valence-electron chi connectivity index (χ4n) is 2.18. The summed E-state index contributed by atoms with van der Waals surface area (Å²) in [7, 11) is 0. The summed E-state index contributed by atoms with van der Waals surface area (Å²) in [5, 5.41) is 4.50. The minimum absolute atomic E-state index is 0.317. The molecule has 16 heavy (non-hydrogen) atoms. The normalized spacial score (nSPS) is 20.7. The zero-order valence-electron chi connectivity index (χ0n) is 9.39. The second-order valence-corrected chi connectivity index (χ2v) is 4.30. The van der Waals surface area contributed by atoms with Gasteiger partial charge in [0.1, 0.15) is 0 Å². The molecule has 4 nitrogen and oxygen atoms in total. The molecular formula is C12H15N3O. The number of rotatable bonds is 2. The van der Waals surface area contributed by atoms with Crippen LogP contribution >= 0.6 is 0 Å². The van der Waals surface area contributed by atoms with Crippen LogP contribution in [0.15, 0.2) is 18.2 Å². The molecule has 0 saturated carbocycles. The fourth-order valence-corrected chi connectivity index (χ4v) is 2.18. The standard InChI is InChI=1S/C12H15N3O/c1-9-4-2-6-12-13-11(14-15(9)12)8-10-5-3-7-16-10/h2,4,6,10H,3,5,7-8H2,1H3. The Balaban J connectivity index is 1.90. The second kappa shape index (κ2) is 3.87. The average Bonchev–Trinajstić information content (AvgIpc) is 2.88. The lowest BCUT2D eigenvalue weighted by atomic mass is 10.2. The van der Waals surface area contributed by atoms with E-state index >= 15 is 0 Å². The lowest BCUT2D eigenvalue weighted by Gasteiger charge is -2.04. The van der Waals surface area contributed by atoms with Crippen molar-refractivity contribution in [1.29, 1.82) is 0 Å². The van der Waals surface area contributed by atoms with Gasteiger partial charge >= 0.3 is 0 Å². The molecule has 0 amide bonds. The molecule has 1 aliphatic rings. The van der Waals surface area contributed by atoms with Gasteiger partial charge in [0.25, 0.3) is 0 Å². The number of fused-ring (bicyclic) bond motifs is 1. The zero-order chi connectivity index (χ0) is 11.0. The highest BCUT2D eigenvalue weighted by Crippen LogP contribution is 2.16. The van der Waals surface area contributed by atoms with Crippen molar-refractivity contribution in [2.75, 3.05) is 6.61 Å². The number of nitrogens with zero attached hydrogens (tertiary/aromatic N) is 3. The van der Waals surface area contributed by atoms with E-state index in [1.165, 1.54) is 0 Å². The van der Waals surface area contributed by atoms with Crippen LogP contribution in [0.3, 0.4) is 0 Å². The Hall–Kier alpha value is -1.42. The summed E-state index contributed by atoms with van der Waals surface area (Å²) in [5.74, 6) is 0.890. The highest BCUT2D eigenvalue weighted by molar-refractivity contribution is 5.38. The van der Waals surface area contributed by atoms with Crippen LogP contribution in [0.25, 0.3) is 5.65 Å². The number of aryl methyl sites for hydroxylation is 1. The molecule has 1 atom stereocenters. The third kappa shape index (κ3) is 1.69. The predicted octanol–water partition coefficient (Wildman–Crippen LogP) is 1.76. The molecule has 3 heterocycles. The van der Waals surface area contributed by atoms with Gasteiger partial charge in [0.15, 0.2) is 11.5 Å². The molecule has 2 aromatic heterocycles. The van der Waals surface area contributed by atoms with Gasteiger partial charge in [0.2, 0.25) is 0 Å². The van der Waals surface area contributed by atoms with Crippen LogP contribution in [0.1, 0.15) is 24.4 Å². The van der Waals surface area contributed by atoms with Gasteiger partial charge in [0, 0.05) is 18.7 Å². The number of hydrogen-bond acceptors (Lipinski definition) is 3. The Bertz CT molecular complexity index is 500. The van der Waals surface area contributed by atoms with Gasteiger partial charge in [-0.25, -0.2) is 9.50 Å². The quantitative estimate of drug-likeness (QED) is 0.769. The van der Waals surface area contributed by atoms with Crippen molar-refractivity contribution in [2.45, 2.75) is 32.3 Å². The molecular weight excluding hydrogens is 202 g/mol. The maximum absolute atomic E-state index is 5.59. The van der Waals surface area contributed by atoms with Crippen molar-refractivity contribution in [1.82, 2.24) is 14.6 Å². The molecule has 84 valence electrons. The van der Waals surface area contributed by atoms with Crippen LogP contribution in [0.5, 0.6) is 0 Å².